The molecule has 1 saturated carbocycles. The predicted octanol–water partition coefficient (Wildman–Crippen LogP) is 5.59. The maximum Gasteiger partial charge on any atom is 0.0631 e. The van der Waals surface area contributed by atoms with Crippen LogP contribution in [0.2, 0.25) is 0 Å². The van der Waals surface area contributed by atoms with Crippen LogP contribution in [0.3, 0.4) is 0 Å². The van der Waals surface area contributed by atoms with Gasteiger partial charge in [-0.25, -0.2) is 0 Å². The summed E-state index contributed by atoms with van der Waals surface area (Å²) in [5.74, 6) is 0. The van der Waals surface area contributed by atoms with Gasteiger partial charge in [0.15, 0.2) is 0 Å². The number of halogens is 2. The zero-order chi connectivity index (χ0) is 12.5. The van der Waals surface area contributed by atoms with Crippen LogP contribution < -0.4 is 5.32 Å². The third-order valence-corrected chi connectivity index (χ3v) is 4.97. The SMILES string of the molecule is CC1(C)CCC(Nc2c(Br)cccc2Br)CC1. The van der Waals surface area contributed by atoms with Crippen molar-refractivity contribution < 1.29 is 0 Å². The van der Waals surface area contributed by atoms with Gasteiger partial charge < -0.3 is 5.32 Å². The van der Waals surface area contributed by atoms with E-state index in [1.165, 1.54) is 31.4 Å². The van der Waals surface area contributed by atoms with Gasteiger partial charge in [0.1, 0.15) is 0 Å². The molecule has 0 spiro atoms. The lowest BCUT2D eigenvalue weighted by Gasteiger charge is -2.35. The second kappa shape index (κ2) is 5.31. The molecule has 0 aliphatic heterocycles. The van der Waals surface area contributed by atoms with Gasteiger partial charge in [0.05, 0.1) is 5.69 Å². The summed E-state index contributed by atoms with van der Waals surface area (Å²) in [5.41, 5.74) is 1.72. The lowest BCUT2D eigenvalue weighted by Crippen LogP contribution is -2.30. The molecule has 1 aromatic carbocycles. The van der Waals surface area contributed by atoms with Gasteiger partial charge in [0, 0.05) is 15.0 Å². The van der Waals surface area contributed by atoms with E-state index in [-0.39, 0.29) is 0 Å². The third-order valence-electron chi connectivity index (χ3n) is 3.65. The Bertz CT molecular complexity index is 371. The third kappa shape index (κ3) is 3.47. The van der Waals surface area contributed by atoms with Crippen molar-refractivity contribution in [1.82, 2.24) is 0 Å². The zero-order valence-corrected chi connectivity index (χ0v) is 13.6. The second-order valence-electron chi connectivity index (χ2n) is 5.68. The number of rotatable bonds is 2. The zero-order valence-electron chi connectivity index (χ0n) is 10.4. The molecular formula is C14H19Br2N. The Morgan fingerprint density at radius 2 is 1.65 bits per heavy atom. The van der Waals surface area contributed by atoms with Crippen LogP contribution in [0.1, 0.15) is 39.5 Å². The van der Waals surface area contributed by atoms with E-state index in [2.05, 4.69) is 63.2 Å². The summed E-state index contributed by atoms with van der Waals surface area (Å²) in [5, 5.41) is 3.66. The first-order chi connectivity index (χ1) is 7.98. The number of hydrogen-bond donors (Lipinski definition) is 1. The number of nitrogens with one attached hydrogen (secondary N) is 1. The van der Waals surface area contributed by atoms with Crippen LogP contribution in [0.15, 0.2) is 27.1 Å². The standard InChI is InChI=1S/C14H19Br2N/c1-14(2)8-6-10(7-9-14)17-13-11(15)4-3-5-12(13)16/h3-5,10,17H,6-9H2,1-2H3. The summed E-state index contributed by atoms with van der Waals surface area (Å²) in [6, 6.07) is 6.82. The minimum Gasteiger partial charge on any atom is -0.380 e. The van der Waals surface area contributed by atoms with Gasteiger partial charge in [0.25, 0.3) is 0 Å². The summed E-state index contributed by atoms with van der Waals surface area (Å²) in [6.07, 6.45) is 5.15. The second-order valence-corrected chi connectivity index (χ2v) is 7.39. The molecule has 0 unspecified atom stereocenters. The molecule has 17 heavy (non-hydrogen) atoms. The molecule has 1 aliphatic rings. The molecule has 2 rings (SSSR count). The predicted molar refractivity (Wildman–Crippen MR) is 81.5 cm³/mol. The van der Waals surface area contributed by atoms with Crippen LogP contribution in [0.5, 0.6) is 0 Å². The first-order valence-electron chi connectivity index (χ1n) is 6.18. The van der Waals surface area contributed by atoms with Crippen molar-refractivity contribution in [2.75, 3.05) is 5.32 Å². The van der Waals surface area contributed by atoms with E-state index in [4.69, 9.17) is 0 Å². The van der Waals surface area contributed by atoms with E-state index in [1.807, 2.05) is 6.07 Å². The van der Waals surface area contributed by atoms with Crippen molar-refractivity contribution in [3.8, 4) is 0 Å². The molecule has 0 heterocycles. The van der Waals surface area contributed by atoms with Crippen LogP contribution >= 0.6 is 31.9 Å². The fourth-order valence-electron chi connectivity index (χ4n) is 2.38. The number of para-hydroxylation sites is 1. The number of anilines is 1. The first kappa shape index (κ1) is 13.4. The van der Waals surface area contributed by atoms with Gasteiger partial charge >= 0.3 is 0 Å². The van der Waals surface area contributed by atoms with Gasteiger partial charge in [-0.05, 0) is 75.1 Å². The lowest BCUT2D eigenvalue weighted by molar-refractivity contribution is 0.232. The number of benzene rings is 1. The Balaban J connectivity index is 2.03. The van der Waals surface area contributed by atoms with Gasteiger partial charge in [0.2, 0.25) is 0 Å². The van der Waals surface area contributed by atoms with Crippen LogP contribution in [-0.4, -0.2) is 6.04 Å². The van der Waals surface area contributed by atoms with E-state index >= 15 is 0 Å². The van der Waals surface area contributed by atoms with Gasteiger partial charge in [-0.15, -0.1) is 0 Å². The van der Waals surface area contributed by atoms with E-state index in [0.717, 1.165) is 8.95 Å². The van der Waals surface area contributed by atoms with Crippen LogP contribution in [0.4, 0.5) is 5.69 Å². The fraction of sp³-hybridized carbons (Fsp3) is 0.571. The highest BCUT2D eigenvalue weighted by molar-refractivity contribution is 9.11. The van der Waals surface area contributed by atoms with Crippen LogP contribution in [0.25, 0.3) is 0 Å². The minimum atomic E-state index is 0.531. The average Bonchev–Trinajstić information content (AvgIpc) is 2.26. The van der Waals surface area contributed by atoms with Crippen molar-refractivity contribution in [3.05, 3.63) is 27.1 Å². The molecule has 0 saturated heterocycles. The highest BCUT2D eigenvalue weighted by Gasteiger charge is 2.27. The Kier molecular flexibility index (Phi) is 4.19. The molecule has 3 heteroatoms. The fourth-order valence-corrected chi connectivity index (χ4v) is 3.61. The Morgan fingerprint density at radius 1 is 1.12 bits per heavy atom. The van der Waals surface area contributed by atoms with Crippen molar-refractivity contribution in [1.29, 1.82) is 0 Å². The van der Waals surface area contributed by atoms with Crippen LogP contribution in [0, 0.1) is 5.41 Å². The normalized spacial score (nSPS) is 20.2. The molecule has 1 N–H and O–H groups in total. The lowest BCUT2D eigenvalue weighted by atomic mass is 9.75. The number of hydrogen-bond acceptors (Lipinski definition) is 1. The molecule has 1 nitrogen and oxygen atoms in total. The molecule has 0 radical (unpaired) electrons. The maximum absolute atomic E-state index is 3.66. The summed E-state index contributed by atoms with van der Waals surface area (Å²) in [6.45, 7) is 4.75. The van der Waals surface area contributed by atoms with Crippen molar-refractivity contribution >= 4 is 37.5 Å². The largest absolute Gasteiger partial charge is 0.380 e. The van der Waals surface area contributed by atoms with Gasteiger partial charge in [-0.1, -0.05) is 19.9 Å². The summed E-state index contributed by atoms with van der Waals surface area (Å²) in [7, 11) is 0. The Labute approximate surface area is 121 Å². The molecule has 1 aromatic rings. The molecule has 1 aliphatic carbocycles. The van der Waals surface area contributed by atoms with E-state index in [9.17, 15) is 0 Å². The van der Waals surface area contributed by atoms with E-state index in [0.29, 0.717) is 11.5 Å². The van der Waals surface area contributed by atoms with Crippen LogP contribution in [-0.2, 0) is 0 Å². The van der Waals surface area contributed by atoms with E-state index in [1.54, 1.807) is 0 Å². The van der Waals surface area contributed by atoms with Crippen molar-refractivity contribution in [3.63, 3.8) is 0 Å². The molecule has 0 atom stereocenters. The molecular weight excluding hydrogens is 342 g/mol. The highest BCUT2D eigenvalue weighted by atomic mass is 79.9. The van der Waals surface area contributed by atoms with Crippen molar-refractivity contribution in [2.45, 2.75) is 45.6 Å². The molecule has 1 fully saturated rings. The molecule has 0 aromatic heterocycles. The smallest absolute Gasteiger partial charge is 0.0631 e. The quantitative estimate of drug-likeness (QED) is 0.724. The van der Waals surface area contributed by atoms with Crippen molar-refractivity contribution in [2.24, 2.45) is 5.41 Å². The summed E-state index contributed by atoms with van der Waals surface area (Å²) in [4.78, 5) is 0. The molecule has 0 bridgehead atoms. The van der Waals surface area contributed by atoms with Gasteiger partial charge in [-0.3, -0.25) is 0 Å². The summed E-state index contributed by atoms with van der Waals surface area (Å²) >= 11 is 7.21. The van der Waals surface area contributed by atoms with Gasteiger partial charge in [-0.2, -0.15) is 0 Å². The Hall–Kier alpha value is -0.0200. The molecule has 0 amide bonds. The first-order valence-corrected chi connectivity index (χ1v) is 7.77. The minimum absolute atomic E-state index is 0.531. The van der Waals surface area contributed by atoms with E-state index < -0.39 is 0 Å². The maximum atomic E-state index is 3.66. The molecule has 94 valence electrons. The monoisotopic (exact) mass is 359 g/mol. The highest BCUT2D eigenvalue weighted by Crippen LogP contribution is 2.38. The average molecular weight is 361 g/mol. The summed E-state index contributed by atoms with van der Waals surface area (Å²) < 4.78 is 2.27. The Morgan fingerprint density at radius 3 is 2.18 bits per heavy atom. The topological polar surface area (TPSA) is 12.0 Å².